The van der Waals surface area contributed by atoms with Gasteiger partial charge in [0.1, 0.15) is 24.7 Å². The van der Waals surface area contributed by atoms with E-state index in [0.29, 0.717) is 17.9 Å². The van der Waals surface area contributed by atoms with E-state index in [1.54, 1.807) is 54.6 Å². The Morgan fingerprint density at radius 2 is 1.41 bits per heavy atom. The molecule has 2 aromatic rings. The number of hydrogen-bond donors (Lipinski definition) is 0. The Morgan fingerprint density at radius 3 is 2.08 bits per heavy atom. The quantitative estimate of drug-likeness (QED) is 0.113. The Hall–Kier alpha value is -3.87. The van der Waals surface area contributed by atoms with Gasteiger partial charge in [-0.05, 0) is 61.4 Å². The third-order valence-corrected chi connectivity index (χ3v) is 5.27. The molecule has 7 nitrogen and oxygen atoms in total. The molecule has 0 atom stereocenters. The summed E-state index contributed by atoms with van der Waals surface area (Å²) in [6.07, 6.45) is 10.1. The van der Waals surface area contributed by atoms with E-state index in [1.165, 1.54) is 38.7 Å². The second kappa shape index (κ2) is 16.7. The van der Waals surface area contributed by atoms with Crippen LogP contribution in [0.1, 0.15) is 68.3 Å². The van der Waals surface area contributed by atoms with E-state index < -0.39 is 17.9 Å². The lowest BCUT2D eigenvalue weighted by Crippen LogP contribution is -2.12. The first-order chi connectivity index (χ1) is 17.9. The summed E-state index contributed by atoms with van der Waals surface area (Å²) in [6.45, 7) is 7.78. The third-order valence-electron chi connectivity index (χ3n) is 5.27. The van der Waals surface area contributed by atoms with Crippen LogP contribution in [0.5, 0.6) is 11.5 Å². The van der Waals surface area contributed by atoms with Gasteiger partial charge >= 0.3 is 17.9 Å². The molecular weight excluding hydrogens is 472 g/mol. The highest BCUT2D eigenvalue weighted by molar-refractivity contribution is 5.91. The van der Waals surface area contributed by atoms with Crippen molar-refractivity contribution in [3.8, 4) is 11.5 Å². The lowest BCUT2D eigenvalue weighted by Gasteiger charge is -2.08. The van der Waals surface area contributed by atoms with E-state index in [-0.39, 0.29) is 18.8 Å². The summed E-state index contributed by atoms with van der Waals surface area (Å²) < 4.78 is 21.0. The monoisotopic (exact) mass is 508 g/mol. The number of ether oxygens (including phenoxy) is 4. The molecule has 0 radical (unpaired) electrons. The van der Waals surface area contributed by atoms with Crippen LogP contribution in [0.3, 0.4) is 0 Å². The van der Waals surface area contributed by atoms with Gasteiger partial charge in [0.2, 0.25) is 0 Å². The molecule has 0 amide bonds. The van der Waals surface area contributed by atoms with Gasteiger partial charge in [0, 0.05) is 11.6 Å². The highest BCUT2D eigenvalue weighted by Crippen LogP contribution is 2.18. The van der Waals surface area contributed by atoms with Crippen LogP contribution in [-0.4, -0.2) is 37.7 Å². The maximum absolute atomic E-state index is 12.4. The SMILES string of the molecule is C=C(C)C(=O)OCCOC(=O)/C=C/c1ccc(OC(=O)c2ccc(OCCCCCCCC)cc2)cc1. The van der Waals surface area contributed by atoms with Crippen molar-refractivity contribution in [2.45, 2.75) is 52.4 Å². The van der Waals surface area contributed by atoms with Gasteiger partial charge in [-0.1, -0.05) is 57.7 Å². The van der Waals surface area contributed by atoms with Gasteiger partial charge in [-0.25, -0.2) is 14.4 Å². The fraction of sp³-hybridized carbons (Fsp3) is 0.367. The smallest absolute Gasteiger partial charge is 0.343 e. The first kappa shape index (κ1) is 29.4. The molecule has 2 rings (SSSR count). The highest BCUT2D eigenvalue weighted by atomic mass is 16.6. The Balaban J connectivity index is 1.72. The second-order valence-corrected chi connectivity index (χ2v) is 8.52. The van der Waals surface area contributed by atoms with Crippen LogP contribution in [0.4, 0.5) is 0 Å². The minimum absolute atomic E-state index is 0.0414. The van der Waals surface area contributed by atoms with Crippen LogP contribution in [-0.2, 0) is 19.1 Å². The number of rotatable bonds is 16. The summed E-state index contributed by atoms with van der Waals surface area (Å²) in [5.74, 6) is -0.458. The average molecular weight is 509 g/mol. The molecule has 0 saturated carbocycles. The summed E-state index contributed by atoms with van der Waals surface area (Å²) in [7, 11) is 0. The van der Waals surface area contributed by atoms with Crippen LogP contribution in [0, 0.1) is 0 Å². The molecule has 0 N–H and O–H groups in total. The number of carbonyl (C=O) groups excluding carboxylic acids is 3. The lowest BCUT2D eigenvalue weighted by molar-refractivity contribution is -0.146. The van der Waals surface area contributed by atoms with Crippen LogP contribution in [0.2, 0.25) is 0 Å². The molecule has 2 aromatic carbocycles. The first-order valence-electron chi connectivity index (χ1n) is 12.6. The normalized spacial score (nSPS) is 10.6. The molecule has 0 aliphatic heterocycles. The summed E-state index contributed by atoms with van der Waals surface area (Å²) in [5, 5.41) is 0. The third kappa shape index (κ3) is 12.1. The molecular formula is C30H36O7. The van der Waals surface area contributed by atoms with Gasteiger partial charge in [-0.15, -0.1) is 0 Å². The molecule has 0 bridgehead atoms. The Bertz CT molecular complexity index is 1040. The van der Waals surface area contributed by atoms with Crippen molar-refractivity contribution in [3.63, 3.8) is 0 Å². The second-order valence-electron chi connectivity index (χ2n) is 8.52. The largest absolute Gasteiger partial charge is 0.494 e. The minimum Gasteiger partial charge on any atom is -0.494 e. The van der Waals surface area contributed by atoms with Crippen LogP contribution in [0.25, 0.3) is 6.08 Å². The number of carbonyl (C=O) groups is 3. The molecule has 0 aliphatic carbocycles. The average Bonchev–Trinajstić information content (AvgIpc) is 2.90. The highest BCUT2D eigenvalue weighted by Gasteiger charge is 2.09. The zero-order valence-electron chi connectivity index (χ0n) is 21.7. The standard InChI is InChI=1S/C30H36O7/c1-4-5-6-7-8-9-20-34-26-17-13-25(14-18-26)30(33)37-27-15-10-24(11-16-27)12-19-28(31)35-21-22-36-29(32)23(2)3/h10-19H,2,4-9,20-22H2,1,3H3/b19-12+. The van der Waals surface area contributed by atoms with E-state index in [4.69, 9.17) is 18.9 Å². The minimum atomic E-state index is -0.568. The van der Waals surface area contributed by atoms with Crippen molar-refractivity contribution in [2.24, 2.45) is 0 Å². The lowest BCUT2D eigenvalue weighted by atomic mass is 10.1. The summed E-state index contributed by atoms with van der Waals surface area (Å²) >= 11 is 0. The molecule has 0 aromatic heterocycles. The summed E-state index contributed by atoms with van der Waals surface area (Å²) in [6, 6.07) is 13.6. The molecule has 0 spiro atoms. The molecule has 0 aliphatic rings. The van der Waals surface area contributed by atoms with Crippen LogP contribution >= 0.6 is 0 Å². The van der Waals surface area contributed by atoms with E-state index in [2.05, 4.69) is 13.5 Å². The van der Waals surface area contributed by atoms with Crippen molar-refractivity contribution < 1.29 is 33.3 Å². The molecule has 7 heteroatoms. The number of esters is 3. The molecule has 0 fully saturated rings. The van der Waals surface area contributed by atoms with Crippen molar-refractivity contribution in [1.29, 1.82) is 0 Å². The number of benzene rings is 2. The predicted octanol–water partition coefficient (Wildman–Crippen LogP) is 6.32. The van der Waals surface area contributed by atoms with E-state index in [1.807, 2.05) is 0 Å². The van der Waals surface area contributed by atoms with Crippen molar-refractivity contribution in [2.75, 3.05) is 19.8 Å². The van der Waals surface area contributed by atoms with Crippen LogP contribution in [0.15, 0.2) is 66.8 Å². The van der Waals surface area contributed by atoms with E-state index >= 15 is 0 Å². The van der Waals surface area contributed by atoms with Gasteiger partial charge in [0.25, 0.3) is 0 Å². The summed E-state index contributed by atoms with van der Waals surface area (Å²) in [4.78, 5) is 35.5. The maximum atomic E-state index is 12.4. The van der Waals surface area contributed by atoms with Gasteiger partial charge in [0.15, 0.2) is 0 Å². The van der Waals surface area contributed by atoms with E-state index in [9.17, 15) is 14.4 Å². The fourth-order valence-electron chi connectivity index (χ4n) is 3.18. The Labute approximate surface area is 219 Å². The molecule has 37 heavy (non-hydrogen) atoms. The van der Waals surface area contributed by atoms with Crippen molar-refractivity contribution in [3.05, 3.63) is 77.9 Å². The van der Waals surface area contributed by atoms with Gasteiger partial charge in [-0.2, -0.15) is 0 Å². The molecule has 0 saturated heterocycles. The maximum Gasteiger partial charge on any atom is 0.343 e. The molecule has 198 valence electrons. The Kier molecular flexibility index (Phi) is 13.3. The van der Waals surface area contributed by atoms with Crippen LogP contribution < -0.4 is 9.47 Å². The fourth-order valence-corrected chi connectivity index (χ4v) is 3.18. The Morgan fingerprint density at radius 1 is 0.784 bits per heavy atom. The number of hydrogen-bond acceptors (Lipinski definition) is 7. The zero-order valence-corrected chi connectivity index (χ0v) is 21.7. The van der Waals surface area contributed by atoms with Crippen molar-refractivity contribution in [1.82, 2.24) is 0 Å². The number of unbranched alkanes of at least 4 members (excludes halogenated alkanes) is 5. The topological polar surface area (TPSA) is 88.1 Å². The first-order valence-corrected chi connectivity index (χ1v) is 12.6. The van der Waals surface area contributed by atoms with Gasteiger partial charge in [0.05, 0.1) is 12.2 Å². The van der Waals surface area contributed by atoms with Gasteiger partial charge < -0.3 is 18.9 Å². The zero-order chi connectivity index (χ0) is 26.9. The molecule has 0 heterocycles. The molecule has 0 unspecified atom stereocenters. The van der Waals surface area contributed by atoms with Crippen molar-refractivity contribution >= 4 is 24.0 Å². The predicted molar refractivity (Wildman–Crippen MR) is 142 cm³/mol. The van der Waals surface area contributed by atoms with Gasteiger partial charge in [-0.3, -0.25) is 0 Å². The van der Waals surface area contributed by atoms with E-state index in [0.717, 1.165) is 24.2 Å². The summed E-state index contributed by atoms with van der Waals surface area (Å²) in [5.41, 5.74) is 1.42.